The number of nitro groups is 1. The Balaban J connectivity index is 1.48. The number of benzene rings is 4. The summed E-state index contributed by atoms with van der Waals surface area (Å²) in [5.74, 6) is -0.105. The second kappa shape index (κ2) is 15.9. The number of fused-ring (bicyclic) bond motifs is 2. The van der Waals surface area contributed by atoms with Crippen molar-refractivity contribution >= 4 is 45.8 Å². The number of hydrogen-bond donors (Lipinski definition) is 0. The van der Waals surface area contributed by atoms with Gasteiger partial charge in [-0.05, 0) is 79.1 Å². The van der Waals surface area contributed by atoms with E-state index in [-0.39, 0.29) is 43.4 Å². The number of ether oxygens (including phenoxy) is 5. The van der Waals surface area contributed by atoms with Gasteiger partial charge in [0.25, 0.3) is 11.2 Å². The summed E-state index contributed by atoms with van der Waals surface area (Å²) in [5.41, 5.74) is 2.07. The van der Waals surface area contributed by atoms with E-state index in [1.54, 1.807) is 57.2 Å². The van der Waals surface area contributed by atoms with Crippen molar-refractivity contribution in [3.05, 3.63) is 137 Å². The van der Waals surface area contributed by atoms with Crippen molar-refractivity contribution in [1.82, 2.24) is 4.57 Å². The van der Waals surface area contributed by atoms with E-state index in [1.807, 2.05) is 36.4 Å². The van der Waals surface area contributed by atoms with Crippen molar-refractivity contribution in [3.8, 4) is 17.2 Å². The molecule has 0 spiro atoms. The van der Waals surface area contributed by atoms with Crippen LogP contribution in [0.2, 0.25) is 0 Å². The number of rotatable bonds is 13. The van der Waals surface area contributed by atoms with E-state index in [0.29, 0.717) is 37.7 Å². The van der Waals surface area contributed by atoms with Gasteiger partial charge in [0, 0.05) is 17.7 Å². The van der Waals surface area contributed by atoms with Gasteiger partial charge in [0.15, 0.2) is 22.9 Å². The maximum Gasteiger partial charge on any atom is 0.343 e. The van der Waals surface area contributed by atoms with E-state index in [2.05, 4.69) is 0 Å². The van der Waals surface area contributed by atoms with Gasteiger partial charge < -0.3 is 23.7 Å². The molecular formula is C39H35N3O10S. The Kier molecular flexibility index (Phi) is 11.0. The molecule has 1 aliphatic rings. The van der Waals surface area contributed by atoms with Gasteiger partial charge in [0.05, 0.1) is 47.1 Å². The van der Waals surface area contributed by atoms with Crippen LogP contribution in [0.1, 0.15) is 43.5 Å². The smallest absolute Gasteiger partial charge is 0.343 e. The number of carbonyl (C=O) groups excluding carboxylic acids is 2. The number of non-ortho nitro benzene ring substituents is 1. The zero-order valence-corrected chi connectivity index (χ0v) is 30.1. The van der Waals surface area contributed by atoms with Crippen LogP contribution in [0.25, 0.3) is 16.8 Å². The second-order valence-corrected chi connectivity index (χ2v) is 12.7. The summed E-state index contributed by atoms with van der Waals surface area (Å²) < 4.78 is 29.7. The van der Waals surface area contributed by atoms with Crippen LogP contribution < -0.4 is 29.1 Å². The van der Waals surface area contributed by atoms with E-state index in [4.69, 9.17) is 28.7 Å². The maximum atomic E-state index is 14.5. The van der Waals surface area contributed by atoms with Crippen LogP contribution in [0.3, 0.4) is 0 Å². The highest BCUT2D eigenvalue weighted by Crippen LogP contribution is 2.37. The van der Waals surface area contributed by atoms with Crippen molar-refractivity contribution in [2.75, 3.05) is 26.9 Å². The Labute approximate surface area is 307 Å². The molecule has 1 atom stereocenters. The van der Waals surface area contributed by atoms with Crippen LogP contribution >= 0.6 is 11.3 Å². The summed E-state index contributed by atoms with van der Waals surface area (Å²) in [6, 6.07) is 21.6. The largest absolute Gasteiger partial charge is 0.490 e. The summed E-state index contributed by atoms with van der Waals surface area (Å²) >= 11 is 1.17. The molecule has 53 heavy (non-hydrogen) atoms. The molecule has 0 unspecified atom stereocenters. The van der Waals surface area contributed by atoms with E-state index in [1.165, 1.54) is 35.1 Å². The number of thiazole rings is 1. The number of hydrogen-bond acceptors (Lipinski definition) is 12. The summed E-state index contributed by atoms with van der Waals surface area (Å²) in [5, 5.41) is 12.9. The Bertz CT molecular complexity index is 2430. The zero-order chi connectivity index (χ0) is 37.6. The molecule has 0 aliphatic carbocycles. The van der Waals surface area contributed by atoms with Gasteiger partial charge in [0.1, 0.15) is 12.4 Å². The minimum atomic E-state index is -0.938. The van der Waals surface area contributed by atoms with Crippen molar-refractivity contribution in [2.24, 2.45) is 4.99 Å². The monoisotopic (exact) mass is 737 g/mol. The number of aromatic nitrogens is 1. The molecule has 6 rings (SSSR count). The Morgan fingerprint density at radius 3 is 2.42 bits per heavy atom. The third-order valence-electron chi connectivity index (χ3n) is 8.42. The molecule has 14 heteroatoms. The molecule has 1 aliphatic heterocycles. The quantitative estimate of drug-likeness (QED) is 0.0872. The molecular weight excluding hydrogens is 703 g/mol. The van der Waals surface area contributed by atoms with Gasteiger partial charge in [-0.15, -0.1) is 0 Å². The molecule has 0 fully saturated rings. The first kappa shape index (κ1) is 36.5. The van der Waals surface area contributed by atoms with Gasteiger partial charge in [-0.2, -0.15) is 0 Å². The molecule has 0 N–H and O–H groups in total. The highest BCUT2D eigenvalue weighted by atomic mass is 32.1. The fourth-order valence-corrected chi connectivity index (χ4v) is 6.97. The maximum absolute atomic E-state index is 14.5. The molecule has 0 saturated heterocycles. The normalized spacial score (nSPS) is 14.0. The van der Waals surface area contributed by atoms with Crippen molar-refractivity contribution in [3.63, 3.8) is 0 Å². The predicted octanol–water partition coefficient (Wildman–Crippen LogP) is 5.39. The van der Waals surface area contributed by atoms with Gasteiger partial charge in [-0.25, -0.2) is 14.6 Å². The Morgan fingerprint density at radius 2 is 1.70 bits per heavy atom. The van der Waals surface area contributed by atoms with Crippen LogP contribution in [-0.2, 0) is 25.7 Å². The standard InChI is InChI=1S/C39H35N3O10S/c1-5-49-32-19-26(14-18-31(32)52-22-34(43)48-4)36-35(38(45)50-6-2)23(3)40-39-41(36)37(44)33(53-39)20-29-28-10-8-7-9-25(28)13-17-30(29)51-21-24-11-15-27(16-12-24)42(46)47/h7-20,36H,5-6,21-22H2,1-4H3/b33-20+/t36-/m1/s1. The van der Waals surface area contributed by atoms with Crippen LogP contribution in [0.15, 0.2) is 99.9 Å². The molecule has 5 aromatic rings. The minimum Gasteiger partial charge on any atom is -0.490 e. The van der Waals surface area contributed by atoms with Crippen molar-refractivity contribution in [2.45, 2.75) is 33.4 Å². The first-order valence-corrected chi connectivity index (χ1v) is 17.5. The van der Waals surface area contributed by atoms with Gasteiger partial charge in [-0.3, -0.25) is 19.5 Å². The zero-order valence-electron chi connectivity index (χ0n) is 29.3. The molecule has 1 aromatic heterocycles. The third kappa shape index (κ3) is 7.67. The highest BCUT2D eigenvalue weighted by Gasteiger charge is 2.34. The molecule has 0 amide bonds. The minimum absolute atomic E-state index is 0.0212. The van der Waals surface area contributed by atoms with Gasteiger partial charge in [0.2, 0.25) is 0 Å². The Morgan fingerprint density at radius 1 is 0.943 bits per heavy atom. The van der Waals surface area contributed by atoms with Gasteiger partial charge in [-0.1, -0.05) is 47.7 Å². The lowest BCUT2D eigenvalue weighted by Crippen LogP contribution is -2.40. The molecule has 0 saturated carbocycles. The lowest BCUT2D eigenvalue weighted by molar-refractivity contribution is -0.384. The summed E-state index contributed by atoms with van der Waals surface area (Å²) in [7, 11) is 1.26. The van der Waals surface area contributed by atoms with E-state index in [9.17, 15) is 24.5 Å². The SMILES string of the molecule is CCOC(=O)C1=C(C)N=c2s/c(=C/c3c(OCc4ccc([N+](=O)[O-])cc4)ccc4ccccc34)c(=O)n2[C@@H]1c1ccc(OCC(=O)OC)c(OCC)c1. The average molecular weight is 738 g/mol. The number of esters is 2. The number of allylic oxidation sites excluding steroid dienone is 1. The molecule has 0 bridgehead atoms. The fourth-order valence-electron chi connectivity index (χ4n) is 5.94. The first-order valence-electron chi connectivity index (χ1n) is 16.7. The van der Waals surface area contributed by atoms with Crippen LogP contribution in [0.5, 0.6) is 17.2 Å². The highest BCUT2D eigenvalue weighted by molar-refractivity contribution is 7.07. The van der Waals surface area contributed by atoms with Crippen molar-refractivity contribution in [1.29, 1.82) is 0 Å². The van der Waals surface area contributed by atoms with Crippen molar-refractivity contribution < 1.29 is 38.2 Å². The van der Waals surface area contributed by atoms with E-state index >= 15 is 0 Å². The molecule has 2 heterocycles. The van der Waals surface area contributed by atoms with Crippen LogP contribution in [-0.4, -0.2) is 48.4 Å². The summed E-state index contributed by atoms with van der Waals surface area (Å²) in [6.45, 7) is 5.37. The van der Waals surface area contributed by atoms with E-state index in [0.717, 1.165) is 16.3 Å². The number of carbonyl (C=O) groups is 2. The second-order valence-electron chi connectivity index (χ2n) is 11.7. The molecule has 4 aromatic carbocycles. The predicted molar refractivity (Wildman–Crippen MR) is 197 cm³/mol. The number of nitro benzene ring substituents is 1. The third-order valence-corrected chi connectivity index (χ3v) is 9.40. The molecule has 13 nitrogen and oxygen atoms in total. The molecule has 272 valence electrons. The summed E-state index contributed by atoms with van der Waals surface area (Å²) in [4.78, 5) is 55.6. The topological polar surface area (TPSA) is 158 Å². The van der Waals surface area contributed by atoms with E-state index < -0.39 is 28.5 Å². The lowest BCUT2D eigenvalue weighted by atomic mass is 9.95. The fraction of sp³-hybridized carbons (Fsp3) is 0.231. The molecule has 0 radical (unpaired) electrons. The lowest BCUT2D eigenvalue weighted by Gasteiger charge is -2.25. The van der Waals surface area contributed by atoms with Crippen LogP contribution in [0, 0.1) is 10.1 Å². The average Bonchev–Trinajstić information content (AvgIpc) is 3.46. The first-order chi connectivity index (χ1) is 25.6. The Hall–Kier alpha value is -6.28. The summed E-state index contributed by atoms with van der Waals surface area (Å²) in [6.07, 6.45) is 1.76. The number of nitrogens with zero attached hydrogens (tertiary/aromatic N) is 3. The number of methoxy groups -OCH3 is 1. The van der Waals surface area contributed by atoms with Crippen LogP contribution in [0.4, 0.5) is 5.69 Å². The van der Waals surface area contributed by atoms with Gasteiger partial charge >= 0.3 is 11.9 Å².